The first-order chi connectivity index (χ1) is 15.0. The zero-order valence-electron chi connectivity index (χ0n) is 20.0. The predicted octanol–water partition coefficient (Wildman–Crippen LogP) is 2.91. The molecule has 0 radical (unpaired) electrons. The summed E-state index contributed by atoms with van der Waals surface area (Å²) in [6.07, 6.45) is 4.54. The van der Waals surface area contributed by atoms with Crippen LogP contribution < -0.4 is 21.3 Å². The molecule has 4 N–H and O–H groups in total. The van der Waals surface area contributed by atoms with Crippen LogP contribution in [0.5, 0.6) is 0 Å². The summed E-state index contributed by atoms with van der Waals surface area (Å²) in [5, 5.41) is 6.74. The molecule has 1 unspecified atom stereocenters. The minimum atomic E-state index is -0.198. The fourth-order valence-electron chi connectivity index (χ4n) is 3.88. The van der Waals surface area contributed by atoms with E-state index in [4.69, 9.17) is 15.5 Å². The van der Waals surface area contributed by atoms with E-state index in [0.717, 1.165) is 69.4 Å². The van der Waals surface area contributed by atoms with Crippen LogP contribution in [0.3, 0.4) is 0 Å². The molecule has 1 saturated heterocycles. The number of nitrogens with one attached hydrogen (secondary N) is 2. The highest BCUT2D eigenvalue weighted by molar-refractivity contribution is 14.0. The lowest BCUT2D eigenvalue weighted by Crippen LogP contribution is -2.40. The minimum absolute atomic E-state index is 0. The maximum atomic E-state index is 11.5. The fraction of sp³-hybridized carbons (Fsp3) is 0.696. The van der Waals surface area contributed by atoms with Crippen molar-refractivity contribution in [3.05, 3.63) is 23.9 Å². The van der Waals surface area contributed by atoms with Crippen LogP contribution in [0.1, 0.15) is 52.5 Å². The van der Waals surface area contributed by atoms with E-state index < -0.39 is 0 Å². The van der Waals surface area contributed by atoms with Gasteiger partial charge in [0.25, 0.3) is 0 Å². The van der Waals surface area contributed by atoms with E-state index in [-0.39, 0.29) is 41.9 Å². The SMILES string of the molecule is CCNC(=NCc1cccnc1N1CCC(C(N)=O)CC1)NCCC(OCC)C(C)C.I. The monoisotopic (exact) mass is 560 g/mol. The number of amides is 1. The van der Waals surface area contributed by atoms with E-state index in [1.165, 1.54) is 0 Å². The Bertz CT molecular complexity index is 707. The largest absolute Gasteiger partial charge is 0.378 e. The molecule has 1 fully saturated rings. The number of nitrogens with two attached hydrogens (primary N) is 1. The van der Waals surface area contributed by atoms with Crippen molar-refractivity contribution in [1.82, 2.24) is 15.6 Å². The van der Waals surface area contributed by atoms with Crippen molar-refractivity contribution < 1.29 is 9.53 Å². The van der Waals surface area contributed by atoms with Crippen LogP contribution in [0.4, 0.5) is 5.82 Å². The number of carbonyl (C=O) groups excluding carboxylic acids is 1. The first-order valence-corrected chi connectivity index (χ1v) is 11.6. The number of hydrogen-bond acceptors (Lipinski definition) is 5. The minimum Gasteiger partial charge on any atom is -0.378 e. The van der Waals surface area contributed by atoms with Gasteiger partial charge in [0.05, 0.1) is 12.6 Å². The fourth-order valence-corrected chi connectivity index (χ4v) is 3.88. The summed E-state index contributed by atoms with van der Waals surface area (Å²) < 4.78 is 5.84. The molecule has 0 aliphatic carbocycles. The van der Waals surface area contributed by atoms with Crippen LogP contribution in [0.25, 0.3) is 0 Å². The number of piperidine rings is 1. The van der Waals surface area contributed by atoms with Crippen LogP contribution >= 0.6 is 24.0 Å². The third-order valence-corrected chi connectivity index (χ3v) is 5.66. The van der Waals surface area contributed by atoms with Gasteiger partial charge in [-0.3, -0.25) is 4.79 Å². The molecule has 9 heteroatoms. The highest BCUT2D eigenvalue weighted by Gasteiger charge is 2.25. The van der Waals surface area contributed by atoms with E-state index in [1.807, 2.05) is 19.2 Å². The average Bonchev–Trinajstić information content (AvgIpc) is 2.77. The van der Waals surface area contributed by atoms with Crippen molar-refractivity contribution in [2.24, 2.45) is 22.6 Å². The lowest BCUT2D eigenvalue weighted by molar-refractivity contribution is -0.122. The van der Waals surface area contributed by atoms with E-state index in [9.17, 15) is 4.79 Å². The first-order valence-electron chi connectivity index (χ1n) is 11.6. The lowest BCUT2D eigenvalue weighted by atomic mass is 9.96. The van der Waals surface area contributed by atoms with E-state index in [1.54, 1.807) is 0 Å². The smallest absolute Gasteiger partial charge is 0.220 e. The zero-order chi connectivity index (χ0) is 22.6. The zero-order valence-corrected chi connectivity index (χ0v) is 22.3. The number of aromatic nitrogens is 1. The number of guanidine groups is 1. The molecule has 2 heterocycles. The molecule has 8 nitrogen and oxygen atoms in total. The normalized spacial score (nSPS) is 15.9. The summed E-state index contributed by atoms with van der Waals surface area (Å²) in [5.74, 6) is 2.00. The van der Waals surface area contributed by atoms with Crippen LogP contribution in [-0.2, 0) is 16.1 Å². The van der Waals surface area contributed by atoms with Gasteiger partial charge < -0.3 is 26.0 Å². The van der Waals surface area contributed by atoms with Crippen LogP contribution in [0.15, 0.2) is 23.3 Å². The Morgan fingerprint density at radius 1 is 1.31 bits per heavy atom. The van der Waals surface area contributed by atoms with Gasteiger partial charge in [0.1, 0.15) is 5.82 Å². The van der Waals surface area contributed by atoms with Crippen LogP contribution in [0, 0.1) is 11.8 Å². The van der Waals surface area contributed by atoms with Crippen molar-refractivity contribution in [3.8, 4) is 0 Å². The van der Waals surface area contributed by atoms with Gasteiger partial charge >= 0.3 is 0 Å². The van der Waals surface area contributed by atoms with E-state index >= 15 is 0 Å². The van der Waals surface area contributed by atoms with Gasteiger partial charge in [0.2, 0.25) is 5.91 Å². The molecule has 1 aromatic rings. The quantitative estimate of drug-likeness (QED) is 0.219. The Hall–Kier alpha value is -1.62. The molecule has 182 valence electrons. The molecule has 0 aromatic carbocycles. The van der Waals surface area contributed by atoms with Gasteiger partial charge in [-0.25, -0.2) is 9.98 Å². The third kappa shape index (κ3) is 9.09. The van der Waals surface area contributed by atoms with Gasteiger partial charge in [-0.15, -0.1) is 24.0 Å². The molecule has 32 heavy (non-hydrogen) atoms. The first kappa shape index (κ1) is 28.4. The van der Waals surface area contributed by atoms with Crippen molar-refractivity contribution in [1.29, 1.82) is 0 Å². The molecule has 1 aliphatic heterocycles. The van der Waals surface area contributed by atoms with Crippen LogP contribution in [-0.4, -0.2) is 55.7 Å². The predicted molar refractivity (Wildman–Crippen MR) is 141 cm³/mol. The topological polar surface area (TPSA) is 105 Å². The lowest BCUT2D eigenvalue weighted by Gasteiger charge is -2.32. The van der Waals surface area contributed by atoms with Gasteiger partial charge in [-0.2, -0.15) is 0 Å². The number of pyridine rings is 1. The Morgan fingerprint density at radius 3 is 2.62 bits per heavy atom. The second-order valence-corrected chi connectivity index (χ2v) is 8.30. The number of nitrogens with zero attached hydrogens (tertiary/aromatic N) is 3. The number of primary amides is 1. The summed E-state index contributed by atoms with van der Waals surface area (Å²) in [4.78, 5) is 23.1. The van der Waals surface area contributed by atoms with Crippen molar-refractivity contribution >= 4 is 41.7 Å². The summed E-state index contributed by atoms with van der Waals surface area (Å²) in [6.45, 7) is 12.9. The number of hydrogen-bond donors (Lipinski definition) is 3. The number of anilines is 1. The molecule has 0 spiro atoms. The number of halogens is 1. The molecule has 1 aliphatic rings. The second-order valence-electron chi connectivity index (χ2n) is 8.30. The Balaban J connectivity index is 0.00000512. The van der Waals surface area contributed by atoms with Crippen molar-refractivity contribution in [3.63, 3.8) is 0 Å². The molecule has 2 rings (SSSR count). The average molecular weight is 561 g/mol. The molecule has 1 atom stereocenters. The number of ether oxygens (including phenoxy) is 1. The van der Waals surface area contributed by atoms with Gasteiger partial charge in [-0.05, 0) is 45.1 Å². The summed E-state index contributed by atoms with van der Waals surface area (Å²) >= 11 is 0. The maximum absolute atomic E-state index is 11.5. The maximum Gasteiger partial charge on any atom is 0.220 e. The molecule has 1 amide bonds. The number of aliphatic imine (C=N–C) groups is 1. The second kappa shape index (κ2) is 15.3. The Labute approximate surface area is 210 Å². The molecule has 0 bridgehead atoms. The standard InChI is InChI=1S/C23H40N6O2.HI/c1-5-25-23(27-13-9-20(17(3)4)31-6-2)28-16-19-8-7-12-26-22(19)29-14-10-18(11-15-29)21(24)30;/h7-8,12,17-18,20H,5-6,9-11,13-16H2,1-4H3,(H2,24,30)(H2,25,27,28);1H. The Kier molecular flexibility index (Phi) is 13.5. The summed E-state index contributed by atoms with van der Waals surface area (Å²) in [7, 11) is 0. The summed E-state index contributed by atoms with van der Waals surface area (Å²) in [5.41, 5.74) is 6.55. The number of carbonyl (C=O) groups is 1. The molecular formula is C23H41IN6O2. The number of rotatable bonds is 11. The Morgan fingerprint density at radius 2 is 2.03 bits per heavy atom. The highest BCUT2D eigenvalue weighted by Crippen LogP contribution is 2.24. The van der Waals surface area contributed by atoms with Gasteiger partial charge in [-0.1, -0.05) is 19.9 Å². The third-order valence-electron chi connectivity index (χ3n) is 5.66. The van der Waals surface area contributed by atoms with Crippen molar-refractivity contribution in [2.75, 3.05) is 37.7 Å². The molecule has 0 saturated carbocycles. The van der Waals surface area contributed by atoms with E-state index in [0.29, 0.717) is 12.5 Å². The molecule has 1 aromatic heterocycles. The van der Waals surface area contributed by atoms with Crippen molar-refractivity contribution in [2.45, 2.75) is 59.6 Å². The van der Waals surface area contributed by atoms with Gasteiger partial charge in [0.15, 0.2) is 5.96 Å². The summed E-state index contributed by atoms with van der Waals surface area (Å²) in [6, 6.07) is 4.01. The highest BCUT2D eigenvalue weighted by atomic mass is 127. The van der Waals surface area contributed by atoms with Gasteiger partial charge in [0, 0.05) is 50.5 Å². The van der Waals surface area contributed by atoms with Crippen LogP contribution in [0.2, 0.25) is 0 Å². The van der Waals surface area contributed by atoms with E-state index in [2.05, 4.69) is 47.4 Å². The molecular weight excluding hydrogens is 519 g/mol.